The predicted molar refractivity (Wildman–Crippen MR) is 88.7 cm³/mol. The fraction of sp³-hybridized carbons (Fsp3) is 0.167. The average Bonchev–Trinajstić information content (AvgIpc) is 3.04. The molecule has 120 valence electrons. The van der Waals surface area contributed by atoms with Crippen LogP contribution < -0.4 is 10.1 Å². The van der Waals surface area contributed by atoms with Gasteiger partial charge in [-0.1, -0.05) is 17.3 Å². The van der Waals surface area contributed by atoms with Crippen molar-refractivity contribution in [1.29, 1.82) is 5.26 Å². The number of nitrogens with one attached hydrogen (secondary N) is 1. The molecule has 0 saturated heterocycles. The monoisotopic (exact) mass is 320 g/mol. The van der Waals surface area contributed by atoms with Crippen LogP contribution in [0.4, 0.5) is 5.69 Å². The maximum atomic E-state index is 9.09. The molecule has 0 saturated carbocycles. The van der Waals surface area contributed by atoms with Crippen LogP contribution in [-0.4, -0.2) is 10.1 Å². The van der Waals surface area contributed by atoms with E-state index in [9.17, 15) is 0 Å². The van der Waals surface area contributed by atoms with Crippen molar-refractivity contribution in [2.45, 2.75) is 19.9 Å². The Labute approximate surface area is 139 Å². The van der Waals surface area contributed by atoms with Gasteiger partial charge in [0.1, 0.15) is 23.6 Å². The molecule has 1 aromatic heterocycles. The minimum absolute atomic E-state index is 0.0997. The second kappa shape index (κ2) is 6.84. The normalized spacial score (nSPS) is 11.5. The number of aryl methyl sites for hydroxylation is 1. The maximum absolute atomic E-state index is 9.09. The standard InChI is InChI=1S/C18H16N4O2/c1-12(18-21-13(2)22-24-18)20-15-7-9-16(10-8-15)23-17-6-4-3-5-14(17)11-19/h3-10,12,20H,1-2H3. The quantitative estimate of drug-likeness (QED) is 0.758. The summed E-state index contributed by atoms with van der Waals surface area (Å²) >= 11 is 0. The maximum Gasteiger partial charge on any atom is 0.248 e. The van der Waals surface area contributed by atoms with Crippen molar-refractivity contribution in [1.82, 2.24) is 10.1 Å². The molecule has 1 N–H and O–H groups in total. The van der Waals surface area contributed by atoms with E-state index in [-0.39, 0.29) is 6.04 Å². The third-order valence-corrected chi connectivity index (χ3v) is 3.39. The van der Waals surface area contributed by atoms with Crippen LogP contribution in [0.1, 0.15) is 30.2 Å². The first-order chi connectivity index (χ1) is 11.7. The molecule has 0 aliphatic carbocycles. The average molecular weight is 320 g/mol. The summed E-state index contributed by atoms with van der Waals surface area (Å²) in [7, 11) is 0. The zero-order valence-electron chi connectivity index (χ0n) is 13.4. The second-order valence-electron chi connectivity index (χ2n) is 5.28. The highest BCUT2D eigenvalue weighted by Gasteiger charge is 2.12. The van der Waals surface area contributed by atoms with E-state index in [0.29, 0.717) is 28.8 Å². The Morgan fingerprint density at radius 2 is 1.92 bits per heavy atom. The Kier molecular flexibility index (Phi) is 4.43. The zero-order valence-corrected chi connectivity index (χ0v) is 13.4. The van der Waals surface area contributed by atoms with Crippen LogP contribution >= 0.6 is 0 Å². The Bertz CT molecular complexity index is 865. The molecular formula is C18H16N4O2. The van der Waals surface area contributed by atoms with Crippen molar-refractivity contribution in [2.24, 2.45) is 0 Å². The second-order valence-corrected chi connectivity index (χ2v) is 5.28. The SMILES string of the molecule is Cc1noc(C(C)Nc2ccc(Oc3ccccc3C#N)cc2)n1. The number of hydrogen-bond donors (Lipinski definition) is 1. The van der Waals surface area contributed by atoms with Gasteiger partial charge in [0.25, 0.3) is 0 Å². The van der Waals surface area contributed by atoms with Crippen molar-refractivity contribution >= 4 is 5.69 Å². The van der Waals surface area contributed by atoms with Gasteiger partial charge in [0.15, 0.2) is 5.82 Å². The van der Waals surface area contributed by atoms with Gasteiger partial charge in [0.2, 0.25) is 5.89 Å². The number of aromatic nitrogens is 2. The van der Waals surface area contributed by atoms with E-state index >= 15 is 0 Å². The number of anilines is 1. The number of rotatable bonds is 5. The third-order valence-electron chi connectivity index (χ3n) is 3.39. The zero-order chi connectivity index (χ0) is 16.9. The van der Waals surface area contributed by atoms with Crippen molar-refractivity contribution in [2.75, 3.05) is 5.32 Å². The van der Waals surface area contributed by atoms with Gasteiger partial charge in [0.05, 0.1) is 5.56 Å². The molecule has 0 aliphatic rings. The van der Waals surface area contributed by atoms with Gasteiger partial charge >= 0.3 is 0 Å². The number of nitrogens with zero attached hydrogens (tertiary/aromatic N) is 3. The topological polar surface area (TPSA) is 84.0 Å². The lowest BCUT2D eigenvalue weighted by Gasteiger charge is -2.12. The van der Waals surface area contributed by atoms with E-state index in [2.05, 4.69) is 21.5 Å². The van der Waals surface area contributed by atoms with Crippen LogP contribution in [0.25, 0.3) is 0 Å². The molecule has 1 atom stereocenters. The Morgan fingerprint density at radius 1 is 1.17 bits per heavy atom. The molecule has 0 amide bonds. The lowest BCUT2D eigenvalue weighted by Crippen LogP contribution is -2.06. The van der Waals surface area contributed by atoms with Crippen LogP contribution in [0.5, 0.6) is 11.5 Å². The first-order valence-corrected chi connectivity index (χ1v) is 7.49. The molecule has 6 nitrogen and oxygen atoms in total. The molecule has 3 rings (SSSR count). The van der Waals surface area contributed by atoms with Gasteiger partial charge in [-0.3, -0.25) is 0 Å². The molecule has 0 aliphatic heterocycles. The summed E-state index contributed by atoms with van der Waals surface area (Å²) < 4.78 is 10.9. The minimum Gasteiger partial charge on any atom is -0.456 e. The van der Waals surface area contributed by atoms with Gasteiger partial charge in [-0.15, -0.1) is 0 Å². The van der Waals surface area contributed by atoms with Gasteiger partial charge in [-0.2, -0.15) is 10.2 Å². The Balaban J connectivity index is 1.68. The summed E-state index contributed by atoms with van der Waals surface area (Å²) in [4.78, 5) is 4.20. The first kappa shape index (κ1) is 15.6. The van der Waals surface area contributed by atoms with E-state index < -0.39 is 0 Å². The Hall–Kier alpha value is -3.33. The summed E-state index contributed by atoms with van der Waals surface area (Å²) in [5.41, 5.74) is 1.40. The number of ether oxygens (including phenoxy) is 1. The van der Waals surface area contributed by atoms with E-state index in [1.807, 2.05) is 37.3 Å². The smallest absolute Gasteiger partial charge is 0.248 e. The lowest BCUT2D eigenvalue weighted by atomic mass is 10.2. The molecule has 0 spiro atoms. The van der Waals surface area contributed by atoms with Crippen LogP contribution in [0.15, 0.2) is 53.1 Å². The van der Waals surface area contributed by atoms with Crippen molar-refractivity contribution < 1.29 is 9.26 Å². The largest absolute Gasteiger partial charge is 0.456 e. The van der Waals surface area contributed by atoms with E-state index in [4.69, 9.17) is 14.5 Å². The molecule has 0 bridgehead atoms. The highest BCUT2D eigenvalue weighted by atomic mass is 16.5. The van der Waals surface area contributed by atoms with Crippen LogP contribution in [0.2, 0.25) is 0 Å². The van der Waals surface area contributed by atoms with Gasteiger partial charge < -0.3 is 14.6 Å². The summed E-state index contributed by atoms with van der Waals surface area (Å²) in [6.07, 6.45) is 0. The molecule has 24 heavy (non-hydrogen) atoms. The van der Waals surface area contributed by atoms with Gasteiger partial charge in [0, 0.05) is 5.69 Å². The molecular weight excluding hydrogens is 304 g/mol. The lowest BCUT2D eigenvalue weighted by molar-refractivity contribution is 0.364. The summed E-state index contributed by atoms with van der Waals surface area (Å²) in [5, 5.41) is 16.2. The predicted octanol–water partition coefficient (Wildman–Crippen LogP) is 4.22. The van der Waals surface area contributed by atoms with Crippen molar-refractivity contribution in [3.63, 3.8) is 0 Å². The van der Waals surface area contributed by atoms with Gasteiger partial charge in [-0.25, -0.2) is 0 Å². The highest BCUT2D eigenvalue weighted by molar-refractivity contribution is 5.50. The summed E-state index contributed by atoms with van der Waals surface area (Å²) in [5.74, 6) is 2.34. The van der Waals surface area contributed by atoms with Crippen LogP contribution in [0, 0.1) is 18.3 Å². The molecule has 2 aromatic carbocycles. The number of hydrogen-bond acceptors (Lipinski definition) is 6. The third kappa shape index (κ3) is 3.52. The summed E-state index contributed by atoms with van der Waals surface area (Å²) in [6.45, 7) is 3.73. The molecule has 0 fully saturated rings. The number of benzene rings is 2. The van der Waals surface area contributed by atoms with E-state index in [0.717, 1.165) is 5.69 Å². The Morgan fingerprint density at radius 3 is 2.58 bits per heavy atom. The van der Waals surface area contributed by atoms with Crippen LogP contribution in [-0.2, 0) is 0 Å². The molecule has 3 aromatic rings. The highest BCUT2D eigenvalue weighted by Crippen LogP contribution is 2.26. The molecule has 1 unspecified atom stereocenters. The summed E-state index contributed by atoms with van der Waals surface area (Å²) in [6, 6.07) is 16.6. The number of nitriles is 1. The van der Waals surface area contributed by atoms with Crippen LogP contribution in [0.3, 0.4) is 0 Å². The molecule has 6 heteroatoms. The van der Waals surface area contributed by atoms with Crippen molar-refractivity contribution in [3.8, 4) is 17.6 Å². The first-order valence-electron chi connectivity index (χ1n) is 7.49. The minimum atomic E-state index is -0.0997. The fourth-order valence-electron chi connectivity index (χ4n) is 2.19. The molecule has 0 radical (unpaired) electrons. The van der Waals surface area contributed by atoms with E-state index in [1.165, 1.54) is 0 Å². The molecule has 1 heterocycles. The van der Waals surface area contributed by atoms with Gasteiger partial charge in [-0.05, 0) is 50.2 Å². The fourth-order valence-corrected chi connectivity index (χ4v) is 2.19. The van der Waals surface area contributed by atoms with E-state index in [1.54, 1.807) is 25.1 Å². The number of para-hydroxylation sites is 1. The van der Waals surface area contributed by atoms with Crippen molar-refractivity contribution in [3.05, 3.63) is 65.8 Å².